The van der Waals surface area contributed by atoms with Crippen molar-refractivity contribution < 1.29 is 19.5 Å². The molecule has 34 heavy (non-hydrogen) atoms. The van der Waals surface area contributed by atoms with Gasteiger partial charge in [0.15, 0.2) is 5.01 Å². The molecule has 0 spiro atoms. The highest BCUT2D eigenvalue weighted by molar-refractivity contribution is 7.13. The maximum Gasteiger partial charge on any atom is 0.317 e. The van der Waals surface area contributed by atoms with E-state index in [-0.39, 0.29) is 30.4 Å². The molecular weight excluding hydrogens is 478 g/mol. The third kappa shape index (κ3) is 4.79. The molecule has 1 fully saturated rings. The van der Waals surface area contributed by atoms with Gasteiger partial charge in [0, 0.05) is 52.4 Å². The lowest BCUT2D eigenvalue weighted by Gasteiger charge is -2.23. The van der Waals surface area contributed by atoms with E-state index in [4.69, 9.17) is 16.7 Å². The summed E-state index contributed by atoms with van der Waals surface area (Å²) in [6.45, 7) is 1.08. The van der Waals surface area contributed by atoms with E-state index in [9.17, 15) is 14.4 Å². The minimum atomic E-state index is -0.864. The molecule has 0 radical (unpaired) electrons. The zero-order valence-corrected chi connectivity index (χ0v) is 19.8. The van der Waals surface area contributed by atoms with Gasteiger partial charge in [0.2, 0.25) is 0 Å². The van der Waals surface area contributed by atoms with Crippen LogP contribution in [-0.4, -0.2) is 62.9 Å². The average molecular weight is 502 g/mol. The number of halogens is 1. The summed E-state index contributed by atoms with van der Waals surface area (Å²) >= 11 is 7.35. The molecule has 1 aliphatic carbocycles. The van der Waals surface area contributed by atoms with Gasteiger partial charge in [-0.2, -0.15) is 0 Å². The summed E-state index contributed by atoms with van der Waals surface area (Å²) in [7, 11) is 0. The lowest BCUT2D eigenvalue weighted by atomic mass is 10.1. The van der Waals surface area contributed by atoms with Gasteiger partial charge in [-0.05, 0) is 43.5 Å². The minimum Gasteiger partial charge on any atom is -0.480 e. The molecule has 178 valence electrons. The van der Waals surface area contributed by atoms with Crippen LogP contribution in [0.1, 0.15) is 50.1 Å². The largest absolute Gasteiger partial charge is 0.480 e. The number of amides is 2. The SMILES string of the molecule is O=C(O)CN1CCc2nc(C(=O)N[C@@H]3CCC[C@H]3NC(=O)c3cc4cc(Cl)ccc4[nH]3)sc2C1. The van der Waals surface area contributed by atoms with E-state index in [1.165, 1.54) is 11.3 Å². The Hall–Kier alpha value is -2.95. The normalized spacial score (nSPS) is 20.3. The van der Waals surface area contributed by atoms with E-state index in [1.807, 2.05) is 11.0 Å². The summed E-state index contributed by atoms with van der Waals surface area (Å²) in [5, 5.41) is 17.0. The van der Waals surface area contributed by atoms with Crippen LogP contribution >= 0.6 is 22.9 Å². The highest BCUT2D eigenvalue weighted by Crippen LogP contribution is 2.26. The number of aliphatic carboxylic acids is 1. The van der Waals surface area contributed by atoms with Gasteiger partial charge in [-0.3, -0.25) is 19.3 Å². The van der Waals surface area contributed by atoms with Crippen LogP contribution in [0.2, 0.25) is 5.02 Å². The van der Waals surface area contributed by atoms with Gasteiger partial charge in [-0.25, -0.2) is 4.98 Å². The molecule has 5 rings (SSSR count). The Morgan fingerprint density at radius 1 is 1.18 bits per heavy atom. The first-order valence-corrected chi connectivity index (χ1v) is 12.4. The number of aromatic nitrogens is 2. The van der Waals surface area contributed by atoms with Crippen LogP contribution in [-0.2, 0) is 17.8 Å². The van der Waals surface area contributed by atoms with Gasteiger partial charge >= 0.3 is 5.97 Å². The summed E-state index contributed by atoms with van der Waals surface area (Å²) in [4.78, 5) is 47.2. The first-order chi connectivity index (χ1) is 16.4. The molecule has 2 aliphatic rings. The molecule has 0 saturated heterocycles. The number of fused-ring (bicyclic) bond motifs is 2. The third-order valence-corrected chi connectivity index (χ3v) is 7.66. The lowest BCUT2D eigenvalue weighted by molar-refractivity contribution is -0.138. The second kappa shape index (κ2) is 9.36. The van der Waals surface area contributed by atoms with Crippen molar-refractivity contribution >= 4 is 51.6 Å². The number of carbonyl (C=O) groups excluding carboxylic acids is 2. The quantitative estimate of drug-likeness (QED) is 0.411. The molecule has 0 bridgehead atoms. The number of carboxylic acids is 1. The number of nitrogens with zero attached hydrogens (tertiary/aromatic N) is 2. The third-order valence-electron chi connectivity index (χ3n) is 6.34. The number of nitrogens with one attached hydrogen (secondary N) is 3. The number of thiazole rings is 1. The van der Waals surface area contributed by atoms with Gasteiger partial charge < -0.3 is 20.7 Å². The summed E-state index contributed by atoms with van der Waals surface area (Å²) in [6.07, 6.45) is 3.08. The topological polar surface area (TPSA) is 127 Å². The molecule has 2 aromatic heterocycles. The maximum absolute atomic E-state index is 12.9. The summed E-state index contributed by atoms with van der Waals surface area (Å²) in [6, 6.07) is 6.82. The Balaban J connectivity index is 1.22. The second-order valence-corrected chi connectivity index (χ2v) is 10.3. The van der Waals surface area contributed by atoms with Crippen LogP contribution in [0.5, 0.6) is 0 Å². The number of aromatic amines is 1. The highest BCUT2D eigenvalue weighted by atomic mass is 35.5. The average Bonchev–Trinajstić information content (AvgIpc) is 3.51. The van der Waals surface area contributed by atoms with Gasteiger partial charge in [-0.1, -0.05) is 11.6 Å². The minimum absolute atomic E-state index is 0.0221. The summed E-state index contributed by atoms with van der Waals surface area (Å²) in [5.41, 5.74) is 2.15. The first kappa shape index (κ1) is 22.8. The second-order valence-electron chi connectivity index (χ2n) is 8.75. The molecule has 11 heteroatoms. The molecule has 3 aromatic rings. The molecule has 1 aromatic carbocycles. The fraction of sp³-hybridized carbons (Fsp3) is 0.391. The predicted molar refractivity (Wildman–Crippen MR) is 128 cm³/mol. The number of carbonyl (C=O) groups is 3. The van der Waals surface area contributed by atoms with E-state index in [2.05, 4.69) is 20.6 Å². The summed E-state index contributed by atoms with van der Waals surface area (Å²) < 4.78 is 0. The zero-order chi connectivity index (χ0) is 23.8. The van der Waals surface area contributed by atoms with Crippen LogP contribution < -0.4 is 10.6 Å². The molecule has 2 atom stereocenters. The number of hydrogen-bond donors (Lipinski definition) is 4. The van der Waals surface area contributed by atoms with Crippen molar-refractivity contribution in [3.05, 3.63) is 50.6 Å². The first-order valence-electron chi connectivity index (χ1n) is 11.2. The van der Waals surface area contributed by atoms with Crippen molar-refractivity contribution in [2.45, 2.75) is 44.3 Å². The molecule has 2 amide bonds. The van der Waals surface area contributed by atoms with Crippen LogP contribution in [0.15, 0.2) is 24.3 Å². The fourth-order valence-electron chi connectivity index (χ4n) is 4.68. The number of hydrogen-bond acceptors (Lipinski definition) is 6. The molecule has 3 heterocycles. The van der Waals surface area contributed by atoms with Crippen LogP contribution in [0.4, 0.5) is 0 Å². The predicted octanol–water partition coefficient (Wildman–Crippen LogP) is 2.80. The maximum atomic E-state index is 12.9. The zero-order valence-electron chi connectivity index (χ0n) is 18.3. The Kier molecular flexibility index (Phi) is 6.28. The molecular formula is C23H24ClN5O4S. The van der Waals surface area contributed by atoms with Gasteiger partial charge in [0.05, 0.1) is 12.2 Å². The Labute approximate surface area is 204 Å². The van der Waals surface area contributed by atoms with Crippen LogP contribution in [0.3, 0.4) is 0 Å². The number of H-pyrrole nitrogens is 1. The van der Waals surface area contributed by atoms with Crippen LogP contribution in [0, 0.1) is 0 Å². The van der Waals surface area contributed by atoms with Crippen molar-refractivity contribution in [1.29, 1.82) is 0 Å². The van der Waals surface area contributed by atoms with Crippen molar-refractivity contribution in [3.63, 3.8) is 0 Å². The van der Waals surface area contributed by atoms with E-state index in [0.717, 1.165) is 40.7 Å². The van der Waals surface area contributed by atoms with Gasteiger partial charge in [0.1, 0.15) is 5.69 Å². The van der Waals surface area contributed by atoms with E-state index < -0.39 is 5.97 Å². The number of carboxylic acid groups (broad SMARTS) is 1. The highest BCUT2D eigenvalue weighted by Gasteiger charge is 2.32. The Morgan fingerprint density at radius 3 is 2.71 bits per heavy atom. The molecule has 1 aliphatic heterocycles. The molecule has 0 unspecified atom stereocenters. The molecule has 9 nitrogen and oxygen atoms in total. The lowest BCUT2D eigenvalue weighted by Crippen LogP contribution is -2.48. The molecule has 1 saturated carbocycles. The van der Waals surface area contributed by atoms with Crippen molar-refractivity contribution in [1.82, 2.24) is 25.5 Å². The van der Waals surface area contributed by atoms with Crippen molar-refractivity contribution in [3.8, 4) is 0 Å². The van der Waals surface area contributed by atoms with E-state index in [0.29, 0.717) is 35.2 Å². The molecule has 4 N–H and O–H groups in total. The van der Waals surface area contributed by atoms with Crippen LogP contribution in [0.25, 0.3) is 10.9 Å². The van der Waals surface area contributed by atoms with Crippen molar-refractivity contribution in [2.24, 2.45) is 0 Å². The monoisotopic (exact) mass is 501 g/mol. The summed E-state index contributed by atoms with van der Waals surface area (Å²) in [5.74, 6) is -1.34. The van der Waals surface area contributed by atoms with E-state index >= 15 is 0 Å². The number of rotatable bonds is 6. The van der Waals surface area contributed by atoms with E-state index in [1.54, 1.807) is 18.2 Å². The Morgan fingerprint density at radius 2 is 1.94 bits per heavy atom. The standard InChI is InChI=1S/C23H24ClN5O4S/c24-13-4-5-14-12(8-13)9-18(25-14)21(32)26-15-2-1-3-16(15)27-22(33)23-28-17-6-7-29(11-20(30)31)10-19(17)34-23/h4-5,8-9,15-16,25H,1-3,6-7,10-11H2,(H,26,32)(H,27,33)(H,30,31)/t15-,16-/m1/s1. The van der Waals surface area contributed by atoms with Gasteiger partial charge in [-0.15, -0.1) is 11.3 Å². The van der Waals surface area contributed by atoms with Crippen molar-refractivity contribution in [2.75, 3.05) is 13.1 Å². The fourth-order valence-corrected chi connectivity index (χ4v) is 5.91. The smallest absolute Gasteiger partial charge is 0.317 e. The van der Waals surface area contributed by atoms with Gasteiger partial charge in [0.25, 0.3) is 11.8 Å². The number of benzene rings is 1. The Bertz CT molecular complexity index is 1270.